The zero-order valence-corrected chi connectivity index (χ0v) is 22.2. The Bertz CT molecular complexity index is 1630. The van der Waals surface area contributed by atoms with Crippen LogP contribution in [0.25, 0.3) is 17.3 Å². The van der Waals surface area contributed by atoms with E-state index < -0.39 is 35.2 Å². The van der Waals surface area contributed by atoms with Crippen molar-refractivity contribution in [2.24, 2.45) is 5.73 Å². The number of benzene rings is 2. The average Bonchev–Trinajstić information content (AvgIpc) is 3.60. The van der Waals surface area contributed by atoms with Gasteiger partial charge in [0.15, 0.2) is 17.5 Å². The van der Waals surface area contributed by atoms with Gasteiger partial charge in [0.2, 0.25) is 5.91 Å². The molecule has 4 aromatic rings. The molecule has 0 radical (unpaired) electrons. The second kappa shape index (κ2) is 11.5. The Morgan fingerprint density at radius 3 is 2.74 bits per heavy atom. The Morgan fingerprint density at radius 1 is 1.19 bits per heavy atom. The smallest absolute Gasteiger partial charge is 0.417 e. The third-order valence-electron chi connectivity index (χ3n) is 6.60. The number of primary amides is 1. The van der Waals surface area contributed by atoms with Crippen molar-refractivity contribution in [3.8, 4) is 17.0 Å². The number of alkyl halides is 3. The number of nitrogens with zero attached hydrogens (tertiary/aromatic N) is 4. The van der Waals surface area contributed by atoms with Gasteiger partial charge in [0, 0.05) is 24.4 Å². The Balaban J connectivity index is 1.33. The van der Waals surface area contributed by atoms with Crippen LogP contribution in [0.2, 0.25) is 0 Å². The van der Waals surface area contributed by atoms with Gasteiger partial charge in [-0.2, -0.15) is 13.2 Å². The van der Waals surface area contributed by atoms with Crippen molar-refractivity contribution >= 4 is 23.5 Å². The zero-order valence-electron chi connectivity index (χ0n) is 22.2. The number of halogens is 5. The molecule has 0 fully saturated rings. The quantitative estimate of drug-likeness (QED) is 0.215. The second-order valence-electron chi connectivity index (χ2n) is 9.45. The number of amides is 1. The van der Waals surface area contributed by atoms with Crippen LogP contribution in [0.4, 0.5) is 33.5 Å². The monoisotopic (exact) mass is 588 g/mol. The number of fused-ring (bicyclic) bond motifs is 1. The highest BCUT2D eigenvalue weighted by molar-refractivity contribution is 5.81. The highest BCUT2D eigenvalue weighted by Gasteiger charge is 2.35. The lowest BCUT2D eigenvalue weighted by Crippen LogP contribution is -2.28. The summed E-state index contributed by atoms with van der Waals surface area (Å²) in [5.74, 6) is -3.37. The summed E-state index contributed by atoms with van der Waals surface area (Å²) in [5.41, 5.74) is 7.75. The molecule has 1 aliphatic rings. The summed E-state index contributed by atoms with van der Waals surface area (Å²) in [4.78, 5) is 16.6. The summed E-state index contributed by atoms with van der Waals surface area (Å²) in [6.45, 7) is 2.32. The molecule has 0 aliphatic carbocycles. The third kappa shape index (κ3) is 5.78. The highest BCUT2D eigenvalue weighted by Crippen LogP contribution is 2.40. The fourth-order valence-electron chi connectivity index (χ4n) is 4.51. The number of nitrogens with two attached hydrogens (primary N) is 1. The molecule has 3 N–H and O–H groups in total. The largest absolute Gasteiger partial charge is 0.494 e. The molecule has 0 saturated carbocycles. The number of rotatable bonds is 10. The summed E-state index contributed by atoms with van der Waals surface area (Å²) in [5, 5.41) is 5.07. The Labute approximate surface area is 236 Å². The van der Waals surface area contributed by atoms with Crippen molar-refractivity contribution in [2.45, 2.75) is 38.4 Å². The molecule has 0 bridgehead atoms. The number of aromatic nitrogens is 3. The molecule has 2 aromatic carbocycles. The van der Waals surface area contributed by atoms with E-state index in [0.717, 1.165) is 12.1 Å². The number of hydrazine groups is 1. The number of carbonyl (C=O) groups excluding carboxylic acids is 1. The molecule has 5 rings (SSSR count). The lowest BCUT2D eigenvalue weighted by Gasteiger charge is -2.25. The van der Waals surface area contributed by atoms with E-state index >= 15 is 0 Å². The summed E-state index contributed by atoms with van der Waals surface area (Å²) in [6.07, 6.45) is 0.645. The lowest BCUT2D eigenvalue weighted by molar-refractivity contribution is -0.137. The fourth-order valence-corrected chi connectivity index (χ4v) is 4.51. The van der Waals surface area contributed by atoms with Crippen molar-refractivity contribution in [3.63, 3.8) is 0 Å². The van der Waals surface area contributed by atoms with Gasteiger partial charge in [-0.25, -0.2) is 13.8 Å². The van der Waals surface area contributed by atoms with Crippen LogP contribution in [0, 0.1) is 11.6 Å². The second-order valence-corrected chi connectivity index (χ2v) is 9.45. The maximum absolute atomic E-state index is 14.2. The molecule has 42 heavy (non-hydrogen) atoms. The number of carbonyl (C=O) groups is 1. The third-order valence-corrected chi connectivity index (χ3v) is 6.60. The van der Waals surface area contributed by atoms with Gasteiger partial charge >= 0.3 is 6.18 Å². The van der Waals surface area contributed by atoms with Crippen LogP contribution in [0.5, 0.6) is 5.75 Å². The first kappa shape index (κ1) is 28.6. The van der Waals surface area contributed by atoms with Gasteiger partial charge in [0.05, 0.1) is 24.2 Å². The normalized spacial score (nSPS) is 13.5. The average molecular weight is 589 g/mol. The minimum Gasteiger partial charge on any atom is -0.494 e. The van der Waals surface area contributed by atoms with Gasteiger partial charge in [0.25, 0.3) is 0 Å². The van der Waals surface area contributed by atoms with Crippen LogP contribution in [-0.2, 0) is 17.5 Å². The SMILES string of the molecule is CCCOc1ccc(-c2cc(C(CCn3cnc4c3C=CN(c3cccc(F)c3F)N4)C(N)=O)on2)c(C(F)(F)F)c1. The molecular formula is C28H25F5N6O3. The summed E-state index contributed by atoms with van der Waals surface area (Å²) in [7, 11) is 0. The maximum Gasteiger partial charge on any atom is 0.417 e. The predicted molar refractivity (Wildman–Crippen MR) is 143 cm³/mol. The first-order valence-corrected chi connectivity index (χ1v) is 12.9. The Kier molecular flexibility index (Phi) is 7.87. The van der Waals surface area contributed by atoms with Crippen molar-refractivity contribution < 1.29 is 36.0 Å². The van der Waals surface area contributed by atoms with Crippen LogP contribution in [0.3, 0.4) is 0 Å². The molecule has 1 aliphatic heterocycles. The first-order valence-electron chi connectivity index (χ1n) is 12.9. The number of imidazole rings is 1. The molecule has 14 heteroatoms. The van der Waals surface area contributed by atoms with E-state index in [2.05, 4.69) is 15.6 Å². The molecule has 1 unspecified atom stereocenters. The van der Waals surface area contributed by atoms with Gasteiger partial charge in [-0.1, -0.05) is 18.1 Å². The molecule has 1 atom stereocenters. The van der Waals surface area contributed by atoms with E-state index in [9.17, 15) is 26.7 Å². The molecule has 2 aromatic heterocycles. The van der Waals surface area contributed by atoms with E-state index in [0.29, 0.717) is 17.9 Å². The molecule has 1 amide bonds. The van der Waals surface area contributed by atoms with Gasteiger partial charge in [-0.15, -0.1) is 0 Å². The van der Waals surface area contributed by atoms with Crippen LogP contribution < -0.4 is 20.9 Å². The maximum atomic E-state index is 14.2. The van der Waals surface area contributed by atoms with Crippen molar-refractivity contribution in [1.82, 2.24) is 14.7 Å². The number of ether oxygens (including phenoxy) is 1. The van der Waals surface area contributed by atoms with E-state index in [-0.39, 0.29) is 48.0 Å². The first-order chi connectivity index (χ1) is 20.1. The number of hydrogen-bond acceptors (Lipinski definition) is 7. The minimum atomic E-state index is -4.69. The number of hydrogen-bond donors (Lipinski definition) is 2. The topological polar surface area (TPSA) is 111 Å². The van der Waals surface area contributed by atoms with E-state index in [1.54, 1.807) is 10.6 Å². The molecule has 0 saturated heterocycles. The van der Waals surface area contributed by atoms with Gasteiger partial charge < -0.3 is 19.6 Å². The van der Waals surface area contributed by atoms with Crippen LogP contribution in [0.15, 0.2) is 59.5 Å². The minimum absolute atomic E-state index is 0.00680. The van der Waals surface area contributed by atoms with Crippen molar-refractivity contribution in [3.05, 3.63) is 83.6 Å². The van der Waals surface area contributed by atoms with Crippen LogP contribution >= 0.6 is 0 Å². The summed E-state index contributed by atoms with van der Waals surface area (Å²) >= 11 is 0. The van der Waals surface area contributed by atoms with Crippen LogP contribution in [-0.4, -0.2) is 27.2 Å². The standard InChI is InChI=1S/C28H25F5N6O3/c1-2-12-41-16-6-7-17(19(13-16)28(31,32)33)21-14-24(42-37-21)18(26(34)40)8-10-38-15-35-27-23(38)9-11-39(36-27)22-5-3-4-20(29)25(22)30/h3-7,9,11,13-15,18,36H,2,8,10,12H2,1H3,(H2,34,40). The van der Waals surface area contributed by atoms with Crippen molar-refractivity contribution in [2.75, 3.05) is 17.0 Å². The molecule has 9 nitrogen and oxygen atoms in total. The van der Waals surface area contributed by atoms with E-state index in [4.69, 9.17) is 15.0 Å². The summed E-state index contributed by atoms with van der Waals surface area (Å²) < 4.78 is 81.8. The molecule has 3 heterocycles. The number of nitrogens with one attached hydrogen (secondary N) is 1. The lowest BCUT2D eigenvalue weighted by atomic mass is 9.98. The van der Waals surface area contributed by atoms with Crippen molar-refractivity contribution in [1.29, 1.82) is 0 Å². The Morgan fingerprint density at radius 2 is 2.00 bits per heavy atom. The fraction of sp³-hybridized carbons (Fsp3) is 0.250. The molecule has 220 valence electrons. The zero-order chi connectivity index (χ0) is 30.0. The number of aryl methyl sites for hydroxylation is 1. The highest BCUT2D eigenvalue weighted by atomic mass is 19.4. The van der Waals surface area contributed by atoms with Gasteiger partial charge in [-0.3, -0.25) is 15.2 Å². The molecule has 0 spiro atoms. The van der Waals surface area contributed by atoms with Gasteiger partial charge in [-0.05, 0) is 49.2 Å². The van der Waals surface area contributed by atoms with Crippen LogP contribution in [0.1, 0.15) is 42.7 Å². The Hall–Kier alpha value is -4.88. The number of anilines is 2. The molecular weight excluding hydrogens is 563 g/mol. The van der Waals surface area contributed by atoms with E-state index in [1.807, 2.05) is 6.92 Å². The van der Waals surface area contributed by atoms with Gasteiger partial charge in [0.1, 0.15) is 28.8 Å². The van der Waals surface area contributed by atoms with E-state index in [1.165, 1.54) is 47.9 Å². The summed E-state index contributed by atoms with van der Waals surface area (Å²) in [6, 6.07) is 8.60. The predicted octanol–water partition coefficient (Wildman–Crippen LogP) is 6.10.